The van der Waals surface area contributed by atoms with Crippen LogP contribution in [0.15, 0.2) is 59.5 Å². The highest BCUT2D eigenvalue weighted by atomic mass is 19.1. The second-order valence-corrected chi connectivity index (χ2v) is 9.17. The Morgan fingerprint density at radius 2 is 1.86 bits per heavy atom. The molecule has 188 valence electrons. The van der Waals surface area contributed by atoms with Crippen LogP contribution in [0.25, 0.3) is 11.4 Å². The van der Waals surface area contributed by atoms with Crippen molar-refractivity contribution in [2.45, 2.75) is 44.8 Å². The number of aryl methyl sites for hydroxylation is 1. The normalized spacial score (nSPS) is 15.6. The summed E-state index contributed by atoms with van der Waals surface area (Å²) < 4.78 is 14.8. The molecule has 0 aliphatic heterocycles. The number of carbonyl (C=O) groups is 2. The van der Waals surface area contributed by atoms with Crippen LogP contribution in [0.5, 0.6) is 0 Å². The molecule has 2 aromatic carbocycles. The van der Waals surface area contributed by atoms with Crippen LogP contribution < -0.4 is 16.2 Å². The number of hydrogen-bond donors (Lipinski definition) is 1. The van der Waals surface area contributed by atoms with Crippen LogP contribution >= 0.6 is 0 Å². The highest BCUT2D eigenvalue weighted by Gasteiger charge is 2.28. The van der Waals surface area contributed by atoms with Gasteiger partial charge in [0.15, 0.2) is 0 Å². The van der Waals surface area contributed by atoms with Crippen LogP contribution in [0.3, 0.4) is 0 Å². The molecule has 9 heteroatoms. The smallest absolute Gasteiger partial charge is 0.277 e. The number of amides is 2. The Labute approximate surface area is 209 Å². The molecule has 1 heterocycles. The number of rotatable bonds is 7. The molecule has 4 rings (SSSR count). The lowest BCUT2D eigenvalue weighted by atomic mass is 9.87. The first-order valence-electron chi connectivity index (χ1n) is 11.9. The van der Waals surface area contributed by atoms with E-state index in [1.807, 2.05) is 18.2 Å². The fourth-order valence-electron chi connectivity index (χ4n) is 4.65. The topological polar surface area (TPSA) is 102 Å². The minimum absolute atomic E-state index is 0.0962. The minimum atomic E-state index is -0.762. The van der Waals surface area contributed by atoms with Gasteiger partial charge in [0, 0.05) is 19.7 Å². The predicted molar refractivity (Wildman–Crippen MR) is 136 cm³/mol. The third-order valence-corrected chi connectivity index (χ3v) is 7.00. The van der Waals surface area contributed by atoms with Crippen LogP contribution in [0.2, 0.25) is 0 Å². The molecular weight excluding hydrogens is 461 g/mol. The SMILES string of the molecule is CC(C(N)=O)N(C)c1cnc(-c2ccc(F)cc2)n(CC(=O)N(C)C2CCCc3ccccc32)c1=O. The monoisotopic (exact) mass is 491 g/mol. The van der Waals surface area contributed by atoms with Crippen LogP contribution in [0.4, 0.5) is 10.1 Å². The van der Waals surface area contributed by atoms with E-state index < -0.39 is 23.3 Å². The molecule has 1 aliphatic rings. The Kier molecular flexibility index (Phi) is 7.19. The first-order chi connectivity index (χ1) is 17.2. The average Bonchev–Trinajstić information content (AvgIpc) is 2.88. The second kappa shape index (κ2) is 10.3. The summed E-state index contributed by atoms with van der Waals surface area (Å²) in [6.07, 6.45) is 4.12. The van der Waals surface area contributed by atoms with E-state index in [0.717, 1.165) is 24.8 Å². The number of nitrogens with zero attached hydrogens (tertiary/aromatic N) is 4. The Hall–Kier alpha value is -4.01. The summed E-state index contributed by atoms with van der Waals surface area (Å²) >= 11 is 0. The number of likely N-dealkylation sites (N-methyl/N-ethyl adjacent to an activating group) is 2. The molecule has 2 amide bonds. The van der Waals surface area contributed by atoms with E-state index in [4.69, 9.17) is 5.73 Å². The van der Waals surface area contributed by atoms with E-state index in [0.29, 0.717) is 5.56 Å². The zero-order chi connectivity index (χ0) is 26.0. The Morgan fingerprint density at radius 3 is 2.56 bits per heavy atom. The standard InChI is InChI=1S/C27H30FN5O3/c1-17(25(29)35)31(2)23-15-30-26(19-11-13-20(28)14-12-19)33(27(23)36)16-24(34)32(3)22-10-6-8-18-7-4-5-9-21(18)22/h4-5,7,9,11-15,17,22H,6,8,10,16H2,1-3H3,(H2,29,35). The molecule has 3 aromatic rings. The average molecular weight is 492 g/mol. The molecule has 0 spiro atoms. The molecule has 1 aromatic heterocycles. The number of halogens is 1. The van der Waals surface area contributed by atoms with Gasteiger partial charge in [-0.25, -0.2) is 9.37 Å². The molecule has 2 unspecified atom stereocenters. The summed E-state index contributed by atoms with van der Waals surface area (Å²) in [5.74, 6) is -1.05. The predicted octanol–water partition coefficient (Wildman–Crippen LogP) is 2.90. The van der Waals surface area contributed by atoms with Gasteiger partial charge in [-0.3, -0.25) is 19.0 Å². The fourth-order valence-corrected chi connectivity index (χ4v) is 4.65. The summed E-state index contributed by atoms with van der Waals surface area (Å²) in [5, 5.41) is 0. The zero-order valence-corrected chi connectivity index (χ0v) is 20.6. The lowest BCUT2D eigenvalue weighted by Crippen LogP contribution is -2.44. The molecule has 0 fully saturated rings. The molecule has 0 saturated heterocycles. The zero-order valence-electron chi connectivity index (χ0n) is 20.6. The van der Waals surface area contributed by atoms with Gasteiger partial charge in [-0.15, -0.1) is 0 Å². The van der Waals surface area contributed by atoms with Gasteiger partial charge in [-0.05, 0) is 61.6 Å². The van der Waals surface area contributed by atoms with Crippen molar-refractivity contribution >= 4 is 17.5 Å². The minimum Gasteiger partial charge on any atom is -0.368 e. The lowest BCUT2D eigenvalue weighted by molar-refractivity contribution is -0.133. The van der Waals surface area contributed by atoms with E-state index in [2.05, 4.69) is 11.1 Å². The molecule has 0 bridgehead atoms. The van der Waals surface area contributed by atoms with E-state index >= 15 is 0 Å². The summed E-state index contributed by atoms with van der Waals surface area (Å²) in [5.41, 5.74) is 7.90. The van der Waals surface area contributed by atoms with Crippen molar-refractivity contribution < 1.29 is 14.0 Å². The van der Waals surface area contributed by atoms with Gasteiger partial charge >= 0.3 is 0 Å². The third-order valence-electron chi connectivity index (χ3n) is 7.00. The molecule has 8 nitrogen and oxygen atoms in total. The van der Waals surface area contributed by atoms with Gasteiger partial charge in [-0.1, -0.05) is 24.3 Å². The first kappa shape index (κ1) is 25.1. The maximum absolute atomic E-state index is 13.6. The van der Waals surface area contributed by atoms with Crippen LogP contribution in [0.1, 0.15) is 36.9 Å². The highest BCUT2D eigenvalue weighted by Crippen LogP contribution is 2.33. The van der Waals surface area contributed by atoms with Crippen molar-refractivity contribution in [2.75, 3.05) is 19.0 Å². The molecular formula is C27H30FN5O3. The molecule has 1 aliphatic carbocycles. The highest BCUT2D eigenvalue weighted by molar-refractivity contribution is 5.83. The van der Waals surface area contributed by atoms with Crippen molar-refractivity contribution in [3.63, 3.8) is 0 Å². The lowest BCUT2D eigenvalue weighted by Gasteiger charge is -2.33. The molecule has 0 saturated carbocycles. The van der Waals surface area contributed by atoms with E-state index in [1.54, 1.807) is 25.9 Å². The molecule has 2 atom stereocenters. The number of aromatic nitrogens is 2. The quantitative estimate of drug-likeness (QED) is 0.548. The Balaban J connectivity index is 1.73. The third kappa shape index (κ3) is 4.86. The van der Waals surface area contributed by atoms with Gasteiger partial charge in [0.25, 0.3) is 5.56 Å². The number of carbonyl (C=O) groups excluding carboxylic acids is 2. The van der Waals surface area contributed by atoms with Gasteiger partial charge in [0.05, 0.1) is 12.2 Å². The fraction of sp³-hybridized carbons (Fsp3) is 0.333. The Morgan fingerprint density at radius 1 is 1.17 bits per heavy atom. The maximum atomic E-state index is 13.6. The number of benzene rings is 2. The second-order valence-electron chi connectivity index (χ2n) is 9.17. The number of primary amides is 1. The van der Waals surface area contributed by atoms with Crippen molar-refractivity contribution in [1.29, 1.82) is 0 Å². The van der Waals surface area contributed by atoms with Crippen molar-refractivity contribution in [3.05, 3.63) is 82.0 Å². The van der Waals surface area contributed by atoms with Gasteiger partial charge in [0.2, 0.25) is 11.8 Å². The van der Waals surface area contributed by atoms with Crippen molar-refractivity contribution in [2.24, 2.45) is 5.73 Å². The Bertz CT molecular complexity index is 1340. The van der Waals surface area contributed by atoms with Gasteiger partial charge in [0.1, 0.15) is 29.9 Å². The molecule has 2 N–H and O–H groups in total. The number of hydrogen-bond acceptors (Lipinski definition) is 5. The molecule has 0 radical (unpaired) electrons. The number of fused-ring (bicyclic) bond motifs is 1. The number of anilines is 1. The van der Waals surface area contributed by atoms with Crippen LogP contribution in [0, 0.1) is 5.82 Å². The summed E-state index contributed by atoms with van der Waals surface area (Å²) in [7, 11) is 3.32. The summed E-state index contributed by atoms with van der Waals surface area (Å²) in [6, 6.07) is 12.8. The largest absolute Gasteiger partial charge is 0.368 e. The van der Waals surface area contributed by atoms with Crippen LogP contribution in [-0.4, -0.2) is 46.4 Å². The van der Waals surface area contributed by atoms with E-state index in [-0.39, 0.29) is 30.0 Å². The van der Waals surface area contributed by atoms with Crippen molar-refractivity contribution in [3.8, 4) is 11.4 Å². The first-order valence-corrected chi connectivity index (χ1v) is 11.9. The van der Waals surface area contributed by atoms with E-state index in [1.165, 1.54) is 45.5 Å². The molecule has 36 heavy (non-hydrogen) atoms. The summed E-state index contributed by atoms with van der Waals surface area (Å²) in [6.45, 7) is 1.32. The number of nitrogens with two attached hydrogens (primary N) is 1. The van der Waals surface area contributed by atoms with Crippen molar-refractivity contribution in [1.82, 2.24) is 14.5 Å². The van der Waals surface area contributed by atoms with Gasteiger partial charge < -0.3 is 15.5 Å². The van der Waals surface area contributed by atoms with Gasteiger partial charge in [-0.2, -0.15) is 0 Å². The maximum Gasteiger partial charge on any atom is 0.277 e. The van der Waals surface area contributed by atoms with E-state index in [9.17, 15) is 18.8 Å². The summed E-state index contributed by atoms with van der Waals surface area (Å²) in [4.78, 5) is 46.4. The van der Waals surface area contributed by atoms with Crippen LogP contribution in [-0.2, 0) is 22.6 Å².